The number of ether oxygens (including phenoxy) is 1. The average molecular weight is 456 g/mol. The number of benzene rings is 1. The van der Waals surface area contributed by atoms with Gasteiger partial charge in [-0.1, -0.05) is 23.7 Å². The smallest absolute Gasteiger partial charge is 0.256 e. The molecule has 8 heteroatoms. The van der Waals surface area contributed by atoms with Crippen LogP contribution in [0.2, 0.25) is 5.02 Å². The first-order valence-corrected chi connectivity index (χ1v) is 11.2. The van der Waals surface area contributed by atoms with E-state index >= 15 is 0 Å². The normalized spacial score (nSPS) is 14.2. The highest BCUT2D eigenvalue weighted by Gasteiger charge is 2.22. The third kappa shape index (κ3) is 4.41. The van der Waals surface area contributed by atoms with Crippen LogP contribution in [-0.2, 0) is 29.1 Å². The number of hydrogen-bond acceptors (Lipinski definition) is 5. The Bertz CT molecular complexity index is 1200. The van der Waals surface area contributed by atoms with Crippen molar-refractivity contribution in [2.45, 2.75) is 32.9 Å². The number of halogens is 1. The summed E-state index contributed by atoms with van der Waals surface area (Å²) in [6.45, 7) is 4.33. The molecule has 0 aliphatic carbocycles. The van der Waals surface area contributed by atoms with Gasteiger partial charge in [-0.05, 0) is 43.2 Å². The van der Waals surface area contributed by atoms with Crippen molar-refractivity contribution in [3.63, 3.8) is 0 Å². The Morgan fingerprint density at radius 1 is 1.22 bits per heavy atom. The summed E-state index contributed by atoms with van der Waals surface area (Å²) >= 11 is 6.27. The van der Waals surface area contributed by atoms with Gasteiger partial charge in [0.2, 0.25) is 5.91 Å². The van der Waals surface area contributed by atoms with E-state index in [2.05, 4.69) is 4.98 Å². The summed E-state index contributed by atoms with van der Waals surface area (Å²) in [4.78, 5) is 32.7. The number of carbonyl (C=O) groups excluding carboxylic acids is 1. The Hall–Kier alpha value is -2.74. The van der Waals surface area contributed by atoms with E-state index < -0.39 is 0 Å². The molecule has 3 heterocycles. The van der Waals surface area contributed by atoms with Gasteiger partial charge in [0.15, 0.2) is 0 Å². The highest BCUT2D eigenvalue weighted by atomic mass is 35.5. The van der Waals surface area contributed by atoms with Gasteiger partial charge in [0.25, 0.3) is 5.56 Å². The number of aryl methyl sites for hydroxylation is 1. The summed E-state index contributed by atoms with van der Waals surface area (Å²) in [5.41, 5.74) is 2.95. The molecule has 2 aromatic heterocycles. The van der Waals surface area contributed by atoms with Crippen LogP contribution in [0.5, 0.6) is 0 Å². The van der Waals surface area contributed by atoms with Crippen LogP contribution in [0.4, 0.5) is 0 Å². The van der Waals surface area contributed by atoms with Gasteiger partial charge in [-0.25, -0.2) is 4.98 Å². The summed E-state index contributed by atoms with van der Waals surface area (Å²) < 4.78 is 6.94. The molecule has 0 saturated carbocycles. The molecular formula is C24H26ClN3O4. The number of morpholine rings is 1. The quantitative estimate of drug-likeness (QED) is 0.617. The van der Waals surface area contributed by atoms with E-state index in [1.54, 1.807) is 21.6 Å². The zero-order valence-electron chi connectivity index (χ0n) is 18.0. The number of nitrogens with zero attached hydrogens (tertiary/aromatic N) is 3. The maximum atomic E-state index is 13.6. The number of aliphatic hydroxyl groups excluding tert-OH is 1. The van der Waals surface area contributed by atoms with E-state index in [0.717, 1.165) is 16.5 Å². The number of carbonyl (C=O) groups is 1. The average Bonchev–Trinajstić information content (AvgIpc) is 2.82. The molecule has 7 nitrogen and oxygen atoms in total. The monoisotopic (exact) mass is 455 g/mol. The van der Waals surface area contributed by atoms with Crippen LogP contribution in [0.1, 0.15) is 24.6 Å². The summed E-state index contributed by atoms with van der Waals surface area (Å²) in [5.74, 6) is 0.0154. The molecule has 1 amide bonds. The van der Waals surface area contributed by atoms with E-state index in [4.69, 9.17) is 16.3 Å². The predicted octanol–water partition coefficient (Wildman–Crippen LogP) is 3.02. The molecule has 3 aromatic rings. The lowest BCUT2D eigenvalue weighted by Crippen LogP contribution is -2.41. The molecule has 0 bridgehead atoms. The van der Waals surface area contributed by atoms with E-state index in [1.807, 2.05) is 31.2 Å². The van der Waals surface area contributed by atoms with Gasteiger partial charge in [0.1, 0.15) is 5.65 Å². The molecule has 1 fully saturated rings. The number of aliphatic hydroxyl groups is 1. The van der Waals surface area contributed by atoms with Gasteiger partial charge in [-0.15, -0.1) is 0 Å². The van der Waals surface area contributed by atoms with Gasteiger partial charge in [-0.2, -0.15) is 0 Å². The fourth-order valence-corrected chi connectivity index (χ4v) is 4.40. The van der Waals surface area contributed by atoms with E-state index in [-0.39, 0.29) is 24.5 Å². The Kier molecular flexibility index (Phi) is 6.89. The second-order valence-electron chi connectivity index (χ2n) is 7.74. The molecule has 1 aliphatic rings. The highest BCUT2D eigenvalue weighted by molar-refractivity contribution is 6.30. The van der Waals surface area contributed by atoms with Crippen molar-refractivity contribution in [3.05, 3.63) is 63.0 Å². The first-order valence-electron chi connectivity index (χ1n) is 10.8. The minimum atomic E-state index is -0.212. The Morgan fingerprint density at radius 2 is 2.00 bits per heavy atom. The summed E-state index contributed by atoms with van der Waals surface area (Å²) in [7, 11) is 0. The van der Waals surface area contributed by atoms with Crippen LogP contribution in [0, 0.1) is 0 Å². The SMILES string of the molecule is CCn1c(=O)c(CCC(=O)N2CCOCC2)c(-c2cccc(Cl)c2)c2ccc(CO)nc21. The van der Waals surface area contributed by atoms with Crippen LogP contribution in [0.25, 0.3) is 22.2 Å². The zero-order chi connectivity index (χ0) is 22.7. The van der Waals surface area contributed by atoms with E-state index in [0.29, 0.717) is 61.2 Å². The molecule has 0 spiro atoms. The first kappa shape index (κ1) is 22.5. The lowest BCUT2D eigenvalue weighted by molar-refractivity contribution is -0.135. The molecule has 1 aromatic carbocycles. The number of aromatic nitrogens is 2. The fourth-order valence-electron chi connectivity index (χ4n) is 4.21. The van der Waals surface area contributed by atoms with Crippen LogP contribution >= 0.6 is 11.6 Å². The van der Waals surface area contributed by atoms with Gasteiger partial charge < -0.3 is 14.7 Å². The van der Waals surface area contributed by atoms with Crippen molar-refractivity contribution < 1.29 is 14.6 Å². The van der Waals surface area contributed by atoms with Crippen molar-refractivity contribution in [1.29, 1.82) is 0 Å². The first-order chi connectivity index (χ1) is 15.5. The van der Waals surface area contributed by atoms with Crippen molar-refractivity contribution >= 4 is 28.5 Å². The summed E-state index contributed by atoms with van der Waals surface area (Å²) in [6, 6.07) is 11.0. The van der Waals surface area contributed by atoms with Crippen molar-refractivity contribution in [3.8, 4) is 11.1 Å². The molecule has 32 heavy (non-hydrogen) atoms. The minimum Gasteiger partial charge on any atom is -0.390 e. The maximum absolute atomic E-state index is 13.6. The van der Waals surface area contributed by atoms with Crippen LogP contribution in [-0.4, -0.2) is 51.8 Å². The molecule has 1 N–H and O–H groups in total. The van der Waals surface area contributed by atoms with Crippen molar-refractivity contribution in [1.82, 2.24) is 14.5 Å². The Morgan fingerprint density at radius 3 is 2.69 bits per heavy atom. The van der Waals surface area contributed by atoms with Gasteiger partial charge in [0.05, 0.1) is 25.5 Å². The minimum absolute atomic E-state index is 0.0154. The number of pyridine rings is 2. The third-order valence-corrected chi connectivity index (χ3v) is 6.04. The van der Waals surface area contributed by atoms with Crippen molar-refractivity contribution in [2.24, 2.45) is 0 Å². The Labute approximate surface area is 191 Å². The molecule has 4 rings (SSSR count). The maximum Gasteiger partial charge on any atom is 0.256 e. The predicted molar refractivity (Wildman–Crippen MR) is 124 cm³/mol. The topological polar surface area (TPSA) is 84.7 Å². The molecule has 1 aliphatic heterocycles. The molecule has 0 unspecified atom stereocenters. The molecule has 0 radical (unpaired) electrons. The molecular weight excluding hydrogens is 430 g/mol. The largest absolute Gasteiger partial charge is 0.390 e. The summed E-state index contributed by atoms with van der Waals surface area (Å²) in [6.07, 6.45) is 0.550. The fraction of sp³-hybridized carbons (Fsp3) is 0.375. The Balaban J connectivity index is 1.86. The second-order valence-corrected chi connectivity index (χ2v) is 8.17. The lowest BCUT2D eigenvalue weighted by Gasteiger charge is -2.27. The lowest BCUT2D eigenvalue weighted by atomic mass is 9.94. The standard InChI is InChI=1S/C24H26ClN3O4/c1-2-28-23-19(7-6-18(15-29)26-23)22(16-4-3-5-17(25)14-16)20(24(28)31)8-9-21(30)27-10-12-32-13-11-27/h3-7,14,29H,2,8-13,15H2,1H3. The van der Waals surface area contributed by atoms with Crippen molar-refractivity contribution in [2.75, 3.05) is 26.3 Å². The van der Waals surface area contributed by atoms with E-state index in [1.165, 1.54) is 0 Å². The third-order valence-electron chi connectivity index (χ3n) is 5.81. The van der Waals surface area contributed by atoms with Crippen LogP contribution in [0.3, 0.4) is 0 Å². The number of fused-ring (bicyclic) bond motifs is 1. The molecule has 1 saturated heterocycles. The highest BCUT2D eigenvalue weighted by Crippen LogP contribution is 2.32. The van der Waals surface area contributed by atoms with Crippen LogP contribution in [0.15, 0.2) is 41.2 Å². The van der Waals surface area contributed by atoms with Crippen LogP contribution < -0.4 is 5.56 Å². The van der Waals surface area contributed by atoms with Gasteiger partial charge in [0, 0.05) is 47.6 Å². The molecule has 168 valence electrons. The summed E-state index contributed by atoms with van der Waals surface area (Å²) in [5, 5.41) is 10.9. The second kappa shape index (κ2) is 9.81. The number of hydrogen-bond donors (Lipinski definition) is 1. The molecule has 0 atom stereocenters. The van der Waals surface area contributed by atoms with Gasteiger partial charge in [-0.3, -0.25) is 14.2 Å². The zero-order valence-corrected chi connectivity index (χ0v) is 18.8. The number of rotatable bonds is 6. The van der Waals surface area contributed by atoms with Gasteiger partial charge >= 0.3 is 0 Å². The number of amides is 1. The van der Waals surface area contributed by atoms with E-state index in [9.17, 15) is 14.7 Å².